The van der Waals surface area contributed by atoms with Gasteiger partial charge in [0.25, 0.3) is 0 Å². The summed E-state index contributed by atoms with van der Waals surface area (Å²) in [6, 6.07) is 9.78. The number of methoxy groups -OCH3 is 1. The molecule has 0 radical (unpaired) electrons. The highest BCUT2D eigenvalue weighted by molar-refractivity contribution is 6.31. The lowest BCUT2D eigenvalue weighted by molar-refractivity contribution is 0.416. The number of benzene rings is 1. The van der Waals surface area contributed by atoms with E-state index in [9.17, 15) is 0 Å². The molecule has 0 fully saturated rings. The number of anilines is 1. The van der Waals surface area contributed by atoms with Crippen LogP contribution in [-0.4, -0.2) is 12.1 Å². The highest BCUT2D eigenvalue weighted by Crippen LogP contribution is 2.32. The molecule has 0 amide bonds. The first kappa shape index (κ1) is 13.7. The fourth-order valence-corrected chi connectivity index (χ4v) is 2.04. The molecule has 100 valence electrons. The summed E-state index contributed by atoms with van der Waals surface area (Å²) in [4.78, 5) is 4.34. The Morgan fingerprint density at radius 2 is 2.11 bits per heavy atom. The lowest BCUT2D eigenvalue weighted by Gasteiger charge is -2.18. The Bertz CT molecular complexity index is 558. The maximum Gasteiger partial charge on any atom is 0.143 e. The standard InChI is InChI=1S/C15H17ClN2O/c1-10-8-14(15(19-3)9-12(10)16)18-11(2)13-6-4-5-7-17-13/h4-9,11,18H,1-3H3. The molecule has 0 aliphatic heterocycles. The SMILES string of the molecule is COc1cc(Cl)c(C)cc1NC(C)c1ccccn1. The highest BCUT2D eigenvalue weighted by atomic mass is 35.5. The Hall–Kier alpha value is -1.74. The summed E-state index contributed by atoms with van der Waals surface area (Å²) in [6.07, 6.45) is 1.79. The zero-order valence-corrected chi connectivity index (χ0v) is 12.0. The van der Waals surface area contributed by atoms with Gasteiger partial charge in [0.2, 0.25) is 0 Å². The summed E-state index contributed by atoms with van der Waals surface area (Å²) in [5, 5.41) is 4.10. The first-order valence-electron chi connectivity index (χ1n) is 6.13. The van der Waals surface area contributed by atoms with E-state index in [0.29, 0.717) is 5.02 Å². The summed E-state index contributed by atoms with van der Waals surface area (Å²) in [7, 11) is 1.64. The Kier molecular flexibility index (Phi) is 4.27. The van der Waals surface area contributed by atoms with E-state index in [-0.39, 0.29) is 6.04 Å². The summed E-state index contributed by atoms with van der Waals surface area (Å²) in [5.74, 6) is 0.735. The molecule has 0 spiro atoms. The van der Waals surface area contributed by atoms with Gasteiger partial charge in [-0.3, -0.25) is 4.98 Å². The first-order chi connectivity index (χ1) is 9.11. The maximum atomic E-state index is 6.10. The Morgan fingerprint density at radius 1 is 1.32 bits per heavy atom. The summed E-state index contributed by atoms with van der Waals surface area (Å²) in [5.41, 5.74) is 2.91. The third-order valence-electron chi connectivity index (χ3n) is 2.98. The number of hydrogen-bond donors (Lipinski definition) is 1. The minimum absolute atomic E-state index is 0.0932. The van der Waals surface area contributed by atoms with Crippen molar-refractivity contribution >= 4 is 17.3 Å². The summed E-state index contributed by atoms with van der Waals surface area (Å²) >= 11 is 6.10. The van der Waals surface area contributed by atoms with Gasteiger partial charge in [-0.25, -0.2) is 0 Å². The number of pyridine rings is 1. The van der Waals surface area contributed by atoms with Crippen molar-refractivity contribution in [3.63, 3.8) is 0 Å². The van der Waals surface area contributed by atoms with Crippen LogP contribution in [0.2, 0.25) is 5.02 Å². The minimum Gasteiger partial charge on any atom is -0.495 e. The van der Waals surface area contributed by atoms with Crippen LogP contribution in [0.25, 0.3) is 0 Å². The average Bonchev–Trinajstić information content (AvgIpc) is 2.43. The Balaban J connectivity index is 2.26. The molecule has 19 heavy (non-hydrogen) atoms. The fourth-order valence-electron chi connectivity index (χ4n) is 1.88. The van der Waals surface area contributed by atoms with Crippen molar-refractivity contribution in [3.05, 3.63) is 52.8 Å². The van der Waals surface area contributed by atoms with E-state index in [0.717, 1.165) is 22.7 Å². The van der Waals surface area contributed by atoms with Gasteiger partial charge in [0.1, 0.15) is 5.75 Å². The van der Waals surface area contributed by atoms with Crippen LogP contribution in [0.4, 0.5) is 5.69 Å². The number of aryl methyl sites for hydroxylation is 1. The maximum absolute atomic E-state index is 6.10. The van der Waals surface area contributed by atoms with Crippen LogP contribution in [0, 0.1) is 6.92 Å². The molecule has 0 aliphatic carbocycles. The quantitative estimate of drug-likeness (QED) is 0.908. The molecule has 1 unspecified atom stereocenters. The van der Waals surface area contributed by atoms with E-state index in [4.69, 9.17) is 16.3 Å². The van der Waals surface area contributed by atoms with Gasteiger partial charge < -0.3 is 10.1 Å². The second-order valence-electron chi connectivity index (χ2n) is 4.42. The van der Waals surface area contributed by atoms with Crippen LogP contribution in [-0.2, 0) is 0 Å². The number of nitrogens with one attached hydrogen (secondary N) is 1. The van der Waals surface area contributed by atoms with Crippen molar-refractivity contribution in [1.82, 2.24) is 4.98 Å². The van der Waals surface area contributed by atoms with Crippen molar-refractivity contribution in [2.75, 3.05) is 12.4 Å². The third-order valence-corrected chi connectivity index (χ3v) is 3.39. The minimum atomic E-state index is 0.0932. The number of nitrogens with zero attached hydrogens (tertiary/aromatic N) is 1. The zero-order valence-electron chi connectivity index (χ0n) is 11.3. The zero-order chi connectivity index (χ0) is 13.8. The molecule has 3 nitrogen and oxygen atoms in total. The van der Waals surface area contributed by atoms with Crippen molar-refractivity contribution in [3.8, 4) is 5.75 Å². The smallest absolute Gasteiger partial charge is 0.143 e. The molecule has 2 rings (SSSR count). The molecular weight excluding hydrogens is 260 g/mol. The van der Waals surface area contributed by atoms with E-state index in [1.807, 2.05) is 37.3 Å². The number of hydrogen-bond acceptors (Lipinski definition) is 3. The van der Waals surface area contributed by atoms with Crippen molar-refractivity contribution in [2.24, 2.45) is 0 Å². The molecule has 1 aromatic carbocycles. The average molecular weight is 277 g/mol. The monoisotopic (exact) mass is 276 g/mol. The van der Waals surface area contributed by atoms with Crippen LogP contribution in [0.3, 0.4) is 0 Å². The molecule has 1 aromatic heterocycles. The lowest BCUT2D eigenvalue weighted by Crippen LogP contribution is -2.09. The van der Waals surface area contributed by atoms with E-state index in [2.05, 4.69) is 17.2 Å². The molecule has 1 N–H and O–H groups in total. The fraction of sp³-hybridized carbons (Fsp3) is 0.267. The van der Waals surface area contributed by atoms with E-state index < -0.39 is 0 Å². The normalized spacial score (nSPS) is 12.0. The van der Waals surface area contributed by atoms with Crippen LogP contribution in [0.1, 0.15) is 24.2 Å². The van der Waals surface area contributed by atoms with Crippen molar-refractivity contribution in [1.29, 1.82) is 0 Å². The lowest BCUT2D eigenvalue weighted by atomic mass is 10.1. The third kappa shape index (κ3) is 3.18. The van der Waals surface area contributed by atoms with Gasteiger partial charge >= 0.3 is 0 Å². The number of halogens is 1. The Morgan fingerprint density at radius 3 is 2.74 bits per heavy atom. The molecule has 1 heterocycles. The van der Waals surface area contributed by atoms with Gasteiger partial charge in [0, 0.05) is 17.3 Å². The predicted molar refractivity (Wildman–Crippen MR) is 79.0 cm³/mol. The van der Waals surface area contributed by atoms with Crippen LogP contribution in [0.15, 0.2) is 36.5 Å². The molecule has 0 saturated carbocycles. The highest BCUT2D eigenvalue weighted by Gasteiger charge is 2.11. The number of ether oxygens (including phenoxy) is 1. The van der Waals surface area contributed by atoms with Gasteiger partial charge in [0.15, 0.2) is 0 Å². The molecule has 4 heteroatoms. The molecular formula is C15H17ClN2O. The van der Waals surface area contributed by atoms with Crippen LogP contribution >= 0.6 is 11.6 Å². The molecule has 2 aromatic rings. The predicted octanol–water partition coefficient (Wildman–Crippen LogP) is 4.23. The number of aromatic nitrogens is 1. The molecule has 1 atom stereocenters. The largest absolute Gasteiger partial charge is 0.495 e. The molecule has 0 bridgehead atoms. The van der Waals surface area contributed by atoms with Gasteiger partial charge in [-0.15, -0.1) is 0 Å². The van der Waals surface area contributed by atoms with Crippen molar-refractivity contribution < 1.29 is 4.74 Å². The van der Waals surface area contributed by atoms with Gasteiger partial charge in [-0.1, -0.05) is 17.7 Å². The van der Waals surface area contributed by atoms with E-state index in [1.54, 1.807) is 13.3 Å². The summed E-state index contributed by atoms with van der Waals surface area (Å²) < 4.78 is 5.35. The van der Waals surface area contributed by atoms with Gasteiger partial charge in [-0.2, -0.15) is 0 Å². The molecule has 0 aliphatic rings. The van der Waals surface area contributed by atoms with Gasteiger partial charge in [-0.05, 0) is 37.6 Å². The van der Waals surface area contributed by atoms with E-state index in [1.165, 1.54) is 0 Å². The second-order valence-corrected chi connectivity index (χ2v) is 4.83. The van der Waals surface area contributed by atoms with E-state index >= 15 is 0 Å². The topological polar surface area (TPSA) is 34.1 Å². The van der Waals surface area contributed by atoms with Crippen molar-refractivity contribution in [2.45, 2.75) is 19.9 Å². The second kappa shape index (κ2) is 5.93. The van der Waals surface area contributed by atoms with Crippen LogP contribution < -0.4 is 10.1 Å². The summed E-state index contributed by atoms with van der Waals surface area (Å²) in [6.45, 7) is 4.03. The number of rotatable bonds is 4. The first-order valence-corrected chi connectivity index (χ1v) is 6.51. The Labute approximate surface area is 118 Å². The molecule has 0 saturated heterocycles. The van der Waals surface area contributed by atoms with Crippen LogP contribution in [0.5, 0.6) is 5.75 Å². The van der Waals surface area contributed by atoms with Gasteiger partial charge in [0.05, 0.1) is 24.5 Å².